The van der Waals surface area contributed by atoms with Crippen LogP contribution in [-0.4, -0.2) is 6.21 Å². The summed E-state index contributed by atoms with van der Waals surface area (Å²) in [5, 5.41) is 0. The van der Waals surface area contributed by atoms with E-state index in [4.69, 9.17) is 0 Å². The number of hydrogen-bond acceptors (Lipinski definition) is 1. The van der Waals surface area contributed by atoms with E-state index in [1.165, 1.54) is 22.3 Å². The summed E-state index contributed by atoms with van der Waals surface area (Å²) in [6.45, 7) is 6.39. The molecule has 1 nitrogen and oxygen atoms in total. The number of rotatable bonds is 2. The highest BCUT2D eigenvalue weighted by Gasteiger charge is 2.00. The Morgan fingerprint density at radius 2 is 1.47 bits per heavy atom. The van der Waals surface area contributed by atoms with Crippen molar-refractivity contribution < 1.29 is 0 Å². The van der Waals surface area contributed by atoms with Crippen LogP contribution in [0.2, 0.25) is 0 Å². The summed E-state index contributed by atoms with van der Waals surface area (Å²) >= 11 is 0. The molecule has 0 amide bonds. The zero-order valence-electron chi connectivity index (χ0n) is 10.6. The lowest BCUT2D eigenvalue weighted by molar-refractivity contribution is 1.30. The van der Waals surface area contributed by atoms with Crippen LogP contribution in [0.5, 0.6) is 0 Å². The standard InChI is InChI=1S/C16H17N/c1-12-9-13(2)16(14(3)10-12)11-17-15-7-5-4-6-8-15/h4-11H,1-3H3. The molecule has 0 aromatic heterocycles. The fourth-order valence-corrected chi connectivity index (χ4v) is 2.05. The van der Waals surface area contributed by atoms with Crippen LogP contribution < -0.4 is 0 Å². The van der Waals surface area contributed by atoms with E-state index in [-0.39, 0.29) is 0 Å². The third-order valence-corrected chi connectivity index (χ3v) is 2.84. The first kappa shape index (κ1) is 11.6. The highest BCUT2D eigenvalue weighted by Crippen LogP contribution is 2.16. The first-order valence-electron chi connectivity index (χ1n) is 5.84. The summed E-state index contributed by atoms with van der Waals surface area (Å²) < 4.78 is 0. The fourth-order valence-electron chi connectivity index (χ4n) is 2.05. The van der Waals surface area contributed by atoms with Gasteiger partial charge in [0.1, 0.15) is 0 Å². The van der Waals surface area contributed by atoms with Gasteiger partial charge in [0.2, 0.25) is 0 Å². The molecule has 0 heterocycles. The number of nitrogens with zero attached hydrogens (tertiary/aromatic N) is 1. The Kier molecular flexibility index (Phi) is 3.38. The van der Waals surface area contributed by atoms with Crippen molar-refractivity contribution >= 4 is 11.9 Å². The van der Waals surface area contributed by atoms with Gasteiger partial charge < -0.3 is 0 Å². The van der Waals surface area contributed by atoms with Crippen molar-refractivity contribution in [2.75, 3.05) is 0 Å². The van der Waals surface area contributed by atoms with Crippen LogP contribution >= 0.6 is 0 Å². The molecule has 2 aromatic carbocycles. The maximum atomic E-state index is 4.50. The van der Waals surface area contributed by atoms with E-state index < -0.39 is 0 Å². The lowest BCUT2D eigenvalue weighted by Gasteiger charge is -2.06. The Morgan fingerprint density at radius 1 is 0.882 bits per heavy atom. The highest BCUT2D eigenvalue weighted by atomic mass is 14.7. The summed E-state index contributed by atoms with van der Waals surface area (Å²) in [6.07, 6.45) is 1.96. The molecule has 0 bridgehead atoms. The lowest BCUT2D eigenvalue weighted by Crippen LogP contribution is -1.93. The van der Waals surface area contributed by atoms with E-state index >= 15 is 0 Å². The Bertz CT molecular complexity index is 516. The van der Waals surface area contributed by atoms with Gasteiger partial charge in [-0.05, 0) is 49.6 Å². The van der Waals surface area contributed by atoms with Crippen molar-refractivity contribution in [2.45, 2.75) is 20.8 Å². The number of aliphatic imine (C=N–C) groups is 1. The summed E-state index contributed by atoms with van der Waals surface area (Å²) in [5.74, 6) is 0. The molecule has 0 saturated carbocycles. The second kappa shape index (κ2) is 4.96. The zero-order chi connectivity index (χ0) is 12.3. The molecular formula is C16H17N. The van der Waals surface area contributed by atoms with Crippen LogP contribution in [0.1, 0.15) is 22.3 Å². The molecule has 0 N–H and O–H groups in total. The van der Waals surface area contributed by atoms with Crippen LogP contribution in [0.15, 0.2) is 47.5 Å². The first-order valence-corrected chi connectivity index (χ1v) is 5.84. The number of aryl methyl sites for hydroxylation is 3. The van der Waals surface area contributed by atoms with Crippen molar-refractivity contribution in [3.05, 3.63) is 64.7 Å². The molecule has 86 valence electrons. The molecule has 0 aliphatic heterocycles. The predicted molar refractivity (Wildman–Crippen MR) is 74.3 cm³/mol. The van der Waals surface area contributed by atoms with Crippen molar-refractivity contribution in [1.29, 1.82) is 0 Å². The monoisotopic (exact) mass is 223 g/mol. The summed E-state index contributed by atoms with van der Waals surface area (Å²) in [5.41, 5.74) is 6.08. The van der Waals surface area contributed by atoms with Crippen LogP contribution in [0.3, 0.4) is 0 Å². The maximum Gasteiger partial charge on any atom is 0.0629 e. The maximum absolute atomic E-state index is 4.50. The van der Waals surface area contributed by atoms with Gasteiger partial charge in [0.15, 0.2) is 0 Å². The molecule has 2 rings (SSSR count). The van der Waals surface area contributed by atoms with E-state index in [0.29, 0.717) is 0 Å². The molecule has 2 aromatic rings. The molecule has 0 aliphatic rings. The van der Waals surface area contributed by atoms with Gasteiger partial charge in [-0.2, -0.15) is 0 Å². The quantitative estimate of drug-likeness (QED) is 0.671. The minimum absolute atomic E-state index is 0.992. The molecule has 0 radical (unpaired) electrons. The number of para-hydroxylation sites is 1. The largest absolute Gasteiger partial charge is 0.256 e. The average molecular weight is 223 g/mol. The molecular weight excluding hydrogens is 206 g/mol. The highest BCUT2D eigenvalue weighted by molar-refractivity contribution is 5.85. The van der Waals surface area contributed by atoms with E-state index in [9.17, 15) is 0 Å². The van der Waals surface area contributed by atoms with Gasteiger partial charge in [-0.15, -0.1) is 0 Å². The fraction of sp³-hybridized carbons (Fsp3) is 0.188. The first-order chi connectivity index (χ1) is 8.16. The van der Waals surface area contributed by atoms with Crippen molar-refractivity contribution in [1.82, 2.24) is 0 Å². The third-order valence-electron chi connectivity index (χ3n) is 2.84. The Labute approximate surface area is 103 Å². The van der Waals surface area contributed by atoms with Gasteiger partial charge in [0.25, 0.3) is 0 Å². The van der Waals surface area contributed by atoms with Crippen molar-refractivity contribution in [2.24, 2.45) is 4.99 Å². The third kappa shape index (κ3) is 2.82. The second-order valence-corrected chi connectivity index (χ2v) is 4.41. The Morgan fingerprint density at radius 3 is 2.06 bits per heavy atom. The van der Waals surface area contributed by atoms with Crippen molar-refractivity contribution in [3.63, 3.8) is 0 Å². The zero-order valence-corrected chi connectivity index (χ0v) is 10.6. The topological polar surface area (TPSA) is 12.4 Å². The summed E-state index contributed by atoms with van der Waals surface area (Å²) in [4.78, 5) is 4.50. The van der Waals surface area contributed by atoms with Gasteiger partial charge in [-0.3, -0.25) is 4.99 Å². The van der Waals surface area contributed by atoms with Gasteiger partial charge in [0, 0.05) is 6.21 Å². The molecule has 0 fully saturated rings. The van der Waals surface area contributed by atoms with E-state index in [2.05, 4.69) is 37.9 Å². The van der Waals surface area contributed by atoms with Crippen LogP contribution in [-0.2, 0) is 0 Å². The Balaban J connectivity index is 2.34. The summed E-state index contributed by atoms with van der Waals surface area (Å²) in [7, 11) is 0. The number of benzene rings is 2. The minimum atomic E-state index is 0.992. The van der Waals surface area contributed by atoms with Crippen LogP contribution in [0.25, 0.3) is 0 Å². The van der Waals surface area contributed by atoms with E-state index in [0.717, 1.165) is 5.69 Å². The van der Waals surface area contributed by atoms with Crippen LogP contribution in [0.4, 0.5) is 5.69 Å². The second-order valence-electron chi connectivity index (χ2n) is 4.41. The smallest absolute Gasteiger partial charge is 0.0629 e. The van der Waals surface area contributed by atoms with Gasteiger partial charge in [0.05, 0.1) is 5.69 Å². The molecule has 0 aliphatic carbocycles. The normalized spacial score (nSPS) is 11.0. The predicted octanol–water partition coefficient (Wildman–Crippen LogP) is 4.36. The molecule has 17 heavy (non-hydrogen) atoms. The Hall–Kier alpha value is -1.89. The van der Waals surface area contributed by atoms with Gasteiger partial charge in [-0.1, -0.05) is 35.9 Å². The minimum Gasteiger partial charge on any atom is -0.256 e. The van der Waals surface area contributed by atoms with Gasteiger partial charge >= 0.3 is 0 Å². The van der Waals surface area contributed by atoms with Gasteiger partial charge in [-0.25, -0.2) is 0 Å². The number of hydrogen-bond donors (Lipinski definition) is 0. The molecule has 0 unspecified atom stereocenters. The van der Waals surface area contributed by atoms with E-state index in [1.807, 2.05) is 36.5 Å². The lowest BCUT2D eigenvalue weighted by atomic mass is 10.0. The SMILES string of the molecule is Cc1cc(C)c(C=Nc2ccccc2)c(C)c1. The average Bonchev–Trinajstić information content (AvgIpc) is 2.29. The van der Waals surface area contributed by atoms with Crippen molar-refractivity contribution in [3.8, 4) is 0 Å². The van der Waals surface area contributed by atoms with E-state index in [1.54, 1.807) is 0 Å². The van der Waals surface area contributed by atoms with Crippen LogP contribution in [0, 0.1) is 20.8 Å². The summed E-state index contributed by atoms with van der Waals surface area (Å²) in [6, 6.07) is 14.4. The molecule has 1 heteroatoms. The molecule has 0 saturated heterocycles. The molecule has 0 atom stereocenters. The molecule has 0 spiro atoms.